The number of carboxylic acids is 1. The van der Waals surface area contributed by atoms with E-state index in [-0.39, 0.29) is 6.54 Å². The molecule has 0 radical (unpaired) electrons. The molecule has 41 heavy (non-hydrogen) atoms. The van der Waals surface area contributed by atoms with Crippen LogP contribution >= 0.6 is 0 Å². The summed E-state index contributed by atoms with van der Waals surface area (Å²) in [6, 6.07) is 9.16. The molecule has 2 aliphatic heterocycles. The molecule has 1 fully saturated rings. The monoisotopic (exact) mass is 558 g/mol. The van der Waals surface area contributed by atoms with Crippen molar-refractivity contribution in [2.75, 3.05) is 46.6 Å². The third kappa shape index (κ3) is 6.36. The fraction of sp³-hybridized carbons (Fsp3) is 0.516. The van der Waals surface area contributed by atoms with Gasteiger partial charge in [-0.15, -0.1) is 0 Å². The van der Waals surface area contributed by atoms with E-state index in [0.29, 0.717) is 17.6 Å². The van der Waals surface area contributed by atoms with Crippen LogP contribution < -0.4 is 20.4 Å². The van der Waals surface area contributed by atoms with Crippen LogP contribution in [0, 0.1) is 0 Å². The average Bonchev–Trinajstić information content (AvgIpc) is 2.98. The highest BCUT2D eigenvalue weighted by Crippen LogP contribution is 2.34. The molecule has 5 heterocycles. The molecular formula is C31H42N8O2. The summed E-state index contributed by atoms with van der Waals surface area (Å²) in [7, 11) is 0. The Morgan fingerprint density at radius 1 is 1.17 bits per heavy atom. The molecule has 0 amide bonds. The molecule has 0 saturated carbocycles. The van der Waals surface area contributed by atoms with E-state index in [1.807, 2.05) is 43.9 Å². The second-order valence-corrected chi connectivity index (χ2v) is 11.9. The van der Waals surface area contributed by atoms with Gasteiger partial charge >= 0.3 is 5.97 Å². The lowest BCUT2D eigenvalue weighted by Gasteiger charge is -2.41. The molecule has 218 valence electrons. The van der Waals surface area contributed by atoms with Gasteiger partial charge in [0.2, 0.25) is 0 Å². The summed E-state index contributed by atoms with van der Waals surface area (Å²) in [5, 5.41) is 17.1. The Labute approximate surface area is 242 Å². The predicted molar refractivity (Wildman–Crippen MR) is 163 cm³/mol. The Bertz CT molecular complexity index is 1340. The second kappa shape index (κ2) is 12.3. The van der Waals surface area contributed by atoms with Crippen LogP contribution in [-0.2, 0) is 17.6 Å². The normalized spacial score (nSPS) is 16.4. The van der Waals surface area contributed by atoms with Crippen LogP contribution in [0.3, 0.4) is 0 Å². The number of piperidine rings is 1. The first-order chi connectivity index (χ1) is 19.8. The molecule has 0 aliphatic carbocycles. The van der Waals surface area contributed by atoms with Gasteiger partial charge in [0.15, 0.2) is 0 Å². The minimum atomic E-state index is -0.918. The van der Waals surface area contributed by atoms with E-state index >= 15 is 0 Å². The summed E-state index contributed by atoms with van der Waals surface area (Å²) in [6.45, 7) is 11.0. The number of fused-ring (bicyclic) bond motifs is 1. The molecule has 0 unspecified atom stereocenters. The fourth-order valence-electron chi connectivity index (χ4n) is 6.06. The lowest BCUT2D eigenvalue weighted by atomic mass is 9.92. The standard InChI is InChI=1S/C31H42N8O2/c1-5-23-28(34-19-25(30(40)41)39(31(2,3)4)26-10-6-7-15-32-26)35-20-36-29(23)38-17-13-21(14-18-38)24-12-11-22-9-8-16-33-27(22)37-24/h6-7,10-12,15,20-21,25H,5,8-9,13-14,16-19H2,1-4H3,(H,33,37)(H,40,41)(H,34,35,36)/t25-/m0/s1. The largest absolute Gasteiger partial charge is 0.480 e. The number of aryl methyl sites for hydroxylation is 1. The van der Waals surface area contributed by atoms with Crippen LogP contribution in [0.2, 0.25) is 0 Å². The summed E-state index contributed by atoms with van der Waals surface area (Å²) in [5.74, 6) is 2.80. The predicted octanol–water partition coefficient (Wildman–Crippen LogP) is 4.74. The Hall–Kier alpha value is -3.95. The maximum absolute atomic E-state index is 12.5. The molecule has 3 aromatic heterocycles. The van der Waals surface area contributed by atoms with Gasteiger partial charge in [-0.3, -0.25) is 0 Å². The number of aliphatic carboxylic acids is 1. The summed E-state index contributed by atoms with van der Waals surface area (Å²) >= 11 is 0. The highest BCUT2D eigenvalue weighted by Gasteiger charge is 2.35. The Morgan fingerprint density at radius 3 is 2.66 bits per heavy atom. The number of nitrogens with zero attached hydrogens (tertiary/aromatic N) is 6. The van der Waals surface area contributed by atoms with E-state index in [2.05, 4.69) is 49.5 Å². The maximum Gasteiger partial charge on any atom is 0.328 e. The Morgan fingerprint density at radius 2 is 1.98 bits per heavy atom. The van der Waals surface area contributed by atoms with Crippen molar-refractivity contribution < 1.29 is 9.90 Å². The number of rotatable bonds is 9. The lowest BCUT2D eigenvalue weighted by molar-refractivity contribution is -0.138. The molecule has 5 rings (SSSR count). The van der Waals surface area contributed by atoms with E-state index in [1.165, 1.54) is 11.3 Å². The van der Waals surface area contributed by atoms with Gasteiger partial charge < -0.3 is 25.5 Å². The smallest absolute Gasteiger partial charge is 0.328 e. The molecule has 3 N–H and O–H groups in total. The van der Waals surface area contributed by atoms with Gasteiger partial charge in [0, 0.05) is 55.1 Å². The van der Waals surface area contributed by atoms with Crippen LogP contribution in [-0.4, -0.2) is 68.8 Å². The average molecular weight is 559 g/mol. The lowest BCUT2D eigenvalue weighted by Crippen LogP contribution is -2.55. The molecule has 0 bridgehead atoms. The highest BCUT2D eigenvalue weighted by molar-refractivity contribution is 5.79. The van der Waals surface area contributed by atoms with E-state index in [9.17, 15) is 9.90 Å². The number of pyridine rings is 2. The molecule has 0 aromatic carbocycles. The van der Waals surface area contributed by atoms with Crippen molar-refractivity contribution in [1.82, 2.24) is 19.9 Å². The van der Waals surface area contributed by atoms with E-state index in [1.54, 1.807) is 12.5 Å². The number of anilines is 4. The minimum absolute atomic E-state index is 0.173. The Kier molecular flexibility index (Phi) is 8.56. The van der Waals surface area contributed by atoms with Crippen LogP contribution in [0.5, 0.6) is 0 Å². The summed E-state index contributed by atoms with van der Waals surface area (Å²) in [5.41, 5.74) is 3.04. The van der Waals surface area contributed by atoms with Crippen LogP contribution in [0.15, 0.2) is 42.9 Å². The van der Waals surface area contributed by atoms with Crippen molar-refractivity contribution in [2.24, 2.45) is 0 Å². The number of carboxylic acid groups (broad SMARTS) is 1. The number of hydrogen-bond acceptors (Lipinski definition) is 9. The zero-order valence-electron chi connectivity index (χ0n) is 24.6. The van der Waals surface area contributed by atoms with Crippen LogP contribution in [0.1, 0.15) is 69.7 Å². The van der Waals surface area contributed by atoms with Gasteiger partial charge in [0.05, 0.1) is 0 Å². The molecule has 10 heteroatoms. The second-order valence-electron chi connectivity index (χ2n) is 11.9. The number of carbonyl (C=O) groups is 1. The minimum Gasteiger partial charge on any atom is -0.480 e. The first-order valence-electron chi connectivity index (χ1n) is 14.8. The third-order valence-corrected chi connectivity index (χ3v) is 8.08. The van der Waals surface area contributed by atoms with Crippen molar-refractivity contribution in [1.29, 1.82) is 0 Å². The van der Waals surface area contributed by atoms with Crippen molar-refractivity contribution in [3.8, 4) is 0 Å². The van der Waals surface area contributed by atoms with Gasteiger partial charge in [-0.05, 0) is 76.6 Å². The molecule has 3 aromatic rings. The van der Waals surface area contributed by atoms with E-state index < -0.39 is 17.6 Å². The SMILES string of the molecule is CCc1c(NC[C@@H](C(=O)O)N(c2ccccn2)C(C)(C)C)ncnc1N1CCC(c2ccc3c(n2)NCCC3)CC1. The number of aromatic nitrogens is 4. The molecule has 2 aliphatic rings. The third-order valence-electron chi connectivity index (χ3n) is 8.08. The quantitative estimate of drug-likeness (QED) is 0.340. The number of nitrogens with one attached hydrogen (secondary N) is 2. The van der Waals surface area contributed by atoms with Crippen molar-refractivity contribution in [3.05, 3.63) is 59.7 Å². The zero-order chi connectivity index (χ0) is 29.0. The van der Waals surface area contributed by atoms with Gasteiger partial charge in [-0.25, -0.2) is 24.7 Å². The topological polar surface area (TPSA) is 119 Å². The van der Waals surface area contributed by atoms with Gasteiger partial charge in [0.25, 0.3) is 0 Å². The van der Waals surface area contributed by atoms with Gasteiger partial charge in [0.1, 0.15) is 35.6 Å². The summed E-state index contributed by atoms with van der Waals surface area (Å²) in [6.07, 6.45) is 8.28. The molecule has 1 atom stereocenters. The Balaban J connectivity index is 1.30. The first-order valence-corrected chi connectivity index (χ1v) is 14.8. The molecule has 1 saturated heterocycles. The van der Waals surface area contributed by atoms with E-state index in [4.69, 9.17) is 4.98 Å². The van der Waals surface area contributed by atoms with Gasteiger partial charge in [-0.2, -0.15) is 0 Å². The van der Waals surface area contributed by atoms with Crippen molar-refractivity contribution >= 4 is 29.2 Å². The van der Waals surface area contributed by atoms with E-state index in [0.717, 1.165) is 68.9 Å². The van der Waals surface area contributed by atoms with Gasteiger partial charge in [-0.1, -0.05) is 19.1 Å². The van der Waals surface area contributed by atoms with Crippen LogP contribution in [0.25, 0.3) is 0 Å². The summed E-state index contributed by atoms with van der Waals surface area (Å²) in [4.78, 5) is 35.4. The van der Waals surface area contributed by atoms with Crippen molar-refractivity contribution in [3.63, 3.8) is 0 Å². The maximum atomic E-state index is 12.5. The molecular weight excluding hydrogens is 516 g/mol. The summed E-state index contributed by atoms with van der Waals surface area (Å²) < 4.78 is 0. The zero-order valence-corrected chi connectivity index (χ0v) is 24.6. The first kappa shape index (κ1) is 28.6. The fourth-order valence-corrected chi connectivity index (χ4v) is 6.06. The molecule has 10 nitrogen and oxygen atoms in total. The van der Waals surface area contributed by atoms with Crippen molar-refractivity contribution in [2.45, 2.75) is 77.3 Å². The highest BCUT2D eigenvalue weighted by atomic mass is 16.4. The van der Waals surface area contributed by atoms with Crippen LogP contribution in [0.4, 0.5) is 23.3 Å². The molecule has 0 spiro atoms. The number of hydrogen-bond donors (Lipinski definition) is 3.